The Morgan fingerprint density at radius 2 is 1.80 bits per heavy atom. The maximum atomic E-state index is 11.7. The number of nitrogens with one attached hydrogen (secondary N) is 1. The van der Waals surface area contributed by atoms with Gasteiger partial charge in [0.15, 0.2) is 0 Å². The Hall–Kier alpha value is -3.61. The number of fused-ring (bicyclic) bond motifs is 1. The van der Waals surface area contributed by atoms with Gasteiger partial charge < -0.3 is 20.5 Å². The summed E-state index contributed by atoms with van der Waals surface area (Å²) in [4.78, 5) is 29.4. The Labute approximate surface area is 206 Å². The number of carbonyl (C=O) groups is 1. The number of nitrogens with zero attached hydrogens (tertiary/aromatic N) is 4. The first-order valence-electron chi connectivity index (χ1n) is 12.5. The zero-order chi connectivity index (χ0) is 24.6. The third kappa shape index (κ3) is 4.55. The molecule has 0 bridgehead atoms. The van der Waals surface area contributed by atoms with Gasteiger partial charge in [0.05, 0.1) is 16.1 Å². The molecule has 3 aromatic rings. The van der Waals surface area contributed by atoms with Crippen LogP contribution in [-0.4, -0.2) is 47.0 Å². The van der Waals surface area contributed by atoms with E-state index in [-0.39, 0.29) is 5.91 Å². The molecule has 0 radical (unpaired) electrons. The highest BCUT2D eigenvalue weighted by molar-refractivity contribution is 5.85. The van der Waals surface area contributed by atoms with Gasteiger partial charge in [-0.25, -0.2) is 9.97 Å². The maximum absolute atomic E-state index is 11.7. The third-order valence-electron chi connectivity index (χ3n) is 7.50. The van der Waals surface area contributed by atoms with E-state index >= 15 is 0 Å². The summed E-state index contributed by atoms with van der Waals surface area (Å²) < 4.78 is 0. The van der Waals surface area contributed by atoms with Crippen molar-refractivity contribution in [3.8, 4) is 11.4 Å². The second kappa shape index (κ2) is 9.21. The van der Waals surface area contributed by atoms with Gasteiger partial charge in [-0.1, -0.05) is 31.2 Å². The predicted octanol–water partition coefficient (Wildman–Crippen LogP) is 2.55. The van der Waals surface area contributed by atoms with E-state index in [1.807, 2.05) is 32.2 Å². The van der Waals surface area contributed by atoms with Crippen LogP contribution in [0.25, 0.3) is 23.5 Å². The lowest BCUT2D eigenvalue weighted by atomic mass is 9.84. The van der Waals surface area contributed by atoms with Gasteiger partial charge >= 0.3 is 0 Å². The second-order valence-electron chi connectivity index (χ2n) is 10.1. The van der Waals surface area contributed by atoms with Crippen LogP contribution in [-0.2, 0) is 10.2 Å². The molecule has 7 nitrogen and oxygen atoms in total. The van der Waals surface area contributed by atoms with E-state index in [4.69, 9.17) is 15.7 Å². The first kappa shape index (κ1) is 23.1. The van der Waals surface area contributed by atoms with Crippen molar-refractivity contribution in [2.75, 3.05) is 36.0 Å². The summed E-state index contributed by atoms with van der Waals surface area (Å²) in [6.07, 6.45) is 8.66. The van der Waals surface area contributed by atoms with E-state index in [9.17, 15) is 4.79 Å². The van der Waals surface area contributed by atoms with Gasteiger partial charge in [0.2, 0.25) is 5.91 Å². The van der Waals surface area contributed by atoms with Gasteiger partial charge in [-0.05, 0) is 62.4 Å². The number of aromatic nitrogens is 3. The number of benzene rings is 1. The van der Waals surface area contributed by atoms with Crippen molar-refractivity contribution in [3.05, 3.63) is 58.9 Å². The third-order valence-corrected chi connectivity index (χ3v) is 7.50. The zero-order valence-corrected chi connectivity index (χ0v) is 20.8. The van der Waals surface area contributed by atoms with Crippen molar-refractivity contribution in [3.63, 3.8) is 0 Å². The van der Waals surface area contributed by atoms with E-state index in [1.54, 1.807) is 0 Å². The van der Waals surface area contributed by atoms with E-state index in [0.29, 0.717) is 5.92 Å². The van der Waals surface area contributed by atoms with Crippen LogP contribution in [0, 0.1) is 5.92 Å². The summed E-state index contributed by atoms with van der Waals surface area (Å²) >= 11 is 0. The van der Waals surface area contributed by atoms with Gasteiger partial charge in [-0.3, -0.25) is 4.79 Å². The number of H-pyrrole nitrogens is 1. The average molecular weight is 471 g/mol. The van der Waals surface area contributed by atoms with Crippen LogP contribution >= 0.6 is 0 Å². The number of carbonyl (C=O) groups excluding carboxylic acids is 1. The normalized spacial score (nSPS) is 18.0. The number of anilines is 2. The molecule has 1 aromatic carbocycles. The number of rotatable bonds is 6. The van der Waals surface area contributed by atoms with Crippen molar-refractivity contribution >= 4 is 29.6 Å². The Bertz CT molecular complexity index is 1320. The second-order valence-corrected chi connectivity index (χ2v) is 10.1. The minimum atomic E-state index is -0.668. The quantitative estimate of drug-likeness (QED) is 0.578. The molecule has 3 N–H and O–H groups in total. The summed E-state index contributed by atoms with van der Waals surface area (Å²) in [5, 5.41) is 2.18. The van der Waals surface area contributed by atoms with Crippen molar-refractivity contribution in [1.82, 2.24) is 15.0 Å². The topological polar surface area (TPSA) is 91.1 Å². The molecule has 1 atom stereocenters. The molecule has 1 aliphatic carbocycles. The number of amides is 1. The molecule has 0 saturated carbocycles. The number of primary amides is 1. The highest BCUT2D eigenvalue weighted by atomic mass is 16.1. The summed E-state index contributed by atoms with van der Waals surface area (Å²) in [6.45, 7) is 9.58. The molecular weight excluding hydrogens is 436 g/mol. The SMILES string of the molecule is CCC1C=c2[nH]c(-c3ccc(N4CCN(c5ccc(C(C)(C)C(N)=O)cc5)CC4)nc3)nc2=CC1. The van der Waals surface area contributed by atoms with E-state index in [0.717, 1.165) is 78.2 Å². The first-order valence-corrected chi connectivity index (χ1v) is 12.5. The van der Waals surface area contributed by atoms with Crippen LogP contribution in [0.4, 0.5) is 11.5 Å². The van der Waals surface area contributed by atoms with Crippen LogP contribution in [0.5, 0.6) is 0 Å². The average Bonchev–Trinajstić information content (AvgIpc) is 3.32. The highest BCUT2D eigenvalue weighted by Gasteiger charge is 2.27. The largest absolute Gasteiger partial charge is 0.369 e. The molecule has 7 heteroatoms. The highest BCUT2D eigenvalue weighted by Crippen LogP contribution is 2.26. The zero-order valence-electron chi connectivity index (χ0n) is 20.8. The maximum Gasteiger partial charge on any atom is 0.227 e. The molecule has 1 saturated heterocycles. The van der Waals surface area contributed by atoms with Crippen LogP contribution in [0.2, 0.25) is 0 Å². The lowest BCUT2D eigenvalue weighted by molar-refractivity contribution is -0.122. The van der Waals surface area contributed by atoms with E-state index in [2.05, 4.69) is 58.1 Å². The standard InChI is InChI=1S/C28H34N6O/c1-4-19-5-11-23-24(17-19)32-26(31-23)20-6-12-25(30-18-20)34-15-13-33(14-16-34)22-9-7-21(8-10-22)28(2,3)27(29)35/h6-12,17-19H,4-5,13-16H2,1-3H3,(H2,29,35)(H,31,32). The Morgan fingerprint density at radius 1 is 1.09 bits per heavy atom. The van der Waals surface area contributed by atoms with Gasteiger partial charge in [-0.15, -0.1) is 0 Å². The van der Waals surface area contributed by atoms with Crippen molar-refractivity contribution in [1.29, 1.82) is 0 Å². The molecule has 5 rings (SSSR count). The van der Waals surface area contributed by atoms with Gasteiger partial charge in [0.25, 0.3) is 0 Å². The number of hydrogen-bond acceptors (Lipinski definition) is 5. The lowest BCUT2D eigenvalue weighted by Crippen LogP contribution is -2.46. The number of imidazole rings is 1. The summed E-state index contributed by atoms with van der Waals surface area (Å²) in [6, 6.07) is 12.4. The van der Waals surface area contributed by atoms with Gasteiger partial charge in [-0.2, -0.15) is 0 Å². The Balaban J connectivity index is 1.23. The van der Waals surface area contributed by atoms with Crippen molar-refractivity contribution in [2.45, 2.75) is 39.0 Å². The number of hydrogen-bond donors (Lipinski definition) is 2. The van der Waals surface area contributed by atoms with Crippen LogP contribution < -0.4 is 26.2 Å². The van der Waals surface area contributed by atoms with Gasteiger partial charge in [0, 0.05) is 43.6 Å². The minimum Gasteiger partial charge on any atom is -0.369 e. The fourth-order valence-corrected chi connectivity index (χ4v) is 4.81. The smallest absolute Gasteiger partial charge is 0.227 e. The molecule has 1 aliphatic heterocycles. The first-order chi connectivity index (χ1) is 16.8. The summed E-state index contributed by atoms with van der Waals surface area (Å²) in [7, 11) is 0. The number of aromatic amines is 1. The van der Waals surface area contributed by atoms with E-state index in [1.165, 1.54) is 0 Å². The number of nitrogens with two attached hydrogens (primary N) is 1. The lowest BCUT2D eigenvalue weighted by Gasteiger charge is -2.37. The molecule has 2 aromatic heterocycles. The van der Waals surface area contributed by atoms with Gasteiger partial charge in [0.1, 0.15) is 11.6 Å². The molecule has 1 fully saturated rings. The summed E-state index contributed by atoms with van der Waals surface area (Å²) in [5.74, 6) is 2.15. The molecule has 35 heavy (non-hydrogen) atoms. The Kier molecular flexibility index (Phi) is 6.09. The van der Waals surface area contributed by atoms with Crippen LogP contribution in [0.15, 0.2) is 42.6 Å². The number of piperazine rings is 1. The Morgan fingerprint density at radius 3 is 2.43 bits per heavy atom. The monoisotopic (exact) mass is 470 g/mol. The molecular formula is C28H34N6O. The van der Waals surface area contributed by atoms with E-state index < -0.39 is 5.41 Å². The van der Waals surface area contributed by atoms with Crippen LogP contribution in [0.1, 0.15) is 39.2 Å². The minimum absolute atomic E-state index is 0.314. The van der Waals surface area contributed by atoms with Crippen molar-refractivity contribution < 1.29 is 4.79 Å². The molecule has 2 aliphatic rings. The predicted molar refractivity (Wildman–Crippen MR) is 141 cm³/mol. The fourth-order valence-electron chi connectivity index (χ4n) is 4.81. The van der Waals surface area contributed by atoms with Crippen molar-refractivity contribution in [2.24, 2.45) is 11.7 Å². The number of pyridine rings is 1. The molecule has 3 heterocycles. The summed E-state index contributed by atoms with van der Waals surface area (Å²) in [5.41, 5.74) is 8.01. The molecule has 1 amide bonds. The fraction of sp³-hybridized carbons (Fsp3) is 0.393. The van der Waals surface area contributed by atoms with Crippen LogP contribution in [0.3, 0.4) is 0 Å². The molecule has 182 valence electrons. The molecule has 0 spiro atoms. The molecule has 1 unspecified atom stereocenters.